The van der Waals surface area contributed by atoms with Crippen molar-refractivity contribution in [2.24, 2.45) is 0 Å². The number of nitrogens with zero attached hydrogens (tertiary/aromatic N) is 1. The molecule has 110 valence electrons. The Kier molecular flexibility index (Phi) is 6.21. The average Bonchev–Trinajstić information content (AvgIpc) is 2.21. The molecule has 18 heavy (non-hydrogen) atoms. The second-order valence-corrected chi connectivity index (χ2v) is 7.55. The van der Waals surface area contributed by atoms with Gasteiger partial charge in [-0.05, 0) is 20.8 Å². The molecule has 0 heterocycles. The first-order chi connectivity index (χ1) is 7.99. The third kappa shape index (κ3) is 5.61. The van der Waals surface area contributed by atoms with E-state index >= 15 is 0 Å². The molecule has 0 rings (SSSR count). The van der Waals surface area contributed by atoms with Crippen LogP contribution in [0.3, 0.4) is 0 Å². The van der Waals surface area contributed by atoms with Crippen LogP contribution in [-0.2, 0) is 20.2 Å². The maximum absolute atomic E-state index is 11.2. The number of hydrogen-bond acceptors (Lipinski definition) is 4. The predicted octanol–water partition coefficient (Wildman–Crippen LogP) is 0.00710. The van der Waals surface area contributed by atoms with Crippen molar-refractivity contribution in [1.82, 2.24) is 0 Å². The zero-order valence-electron chi connectivity index (χ0n) is 10.9. The van der Waals surface area contributed by atoms with Crippen molar-refractivity contribution < 1.29 is 30.4 Å². The van der Waals surface area contributed by atoms with Crippen LogP contribution in [0.15, 0.2) is 0 Å². The third-order valence-corrected chi connectivity index (χ3v) is 5.61. The van der Waals surface area contributed by atoms with Crippen LogP contribution in [-0.4, -0.2) is 67.6 Å². The van der Waals surface area contributed by atoms with Crippen molar-refractivity contribution in [1.29, 1.82) is 0 Å². The highest BCUT2D eigenvalue weighted by Gasteiger charge is 2.36. The molecule has 9 heteroatoms. The van der Waals surface area contributed by atoms with Gasteiger partial charge in [-0.15, -0.1) is 0 Å². The minimum Gasteiger partial charge on any atom is -0.323 e. The van der Waals surface area contributed by atoms with Crippen molar-refractivity contribution >= 4 is 20.2 Å². The van der Waals surface area contributed by atoms with Crippen LogP contribution < -0.4 is 0 Å². The minimum atomic E-state index is -4.52. The first-order valence-corrected chi connectivity index (χ1v) is 8.87. The van der Waals surface area contributed by atoms with Gasteiger partial charge in [0.2, 0.25) is 0 Å². The first kappa shape index (κ1) is 17.8. The number of hydrogen-bond donors (Lipinski definition) is 2. The molecule has 1 atom stereocenters. The molecule has 7 nitrogen and oxygen atoms in total. The lowest BCUT2D eigenvalue weighted by molar-refractivity contribution is -0.922. The van der Waals surface area contributed by atoms with Gasteiger partial charge < -0.3 is 4.48 Å². The molecule has 0 aliphatic carbocycles. The fourth-order valence-corrected chi connectivity index (χ4v) is 4.24. The molecule has 0 fully saturated rings. The molecule has 2 N–H and O–H groups in total. The molecule has 0 aliphatic rings. The molecule has 0 radical (unpaired) electrons. The van der Waals surface area contributed by atoms with Crippen LogP contribution >= 0.6 is 0 Å². The van der Waals surface area contributed by atoms with Gasteiger partial charge in [0, 0.05) is 0 Å². The van der Waals surface area contributed by atoms with Crippen LogP contribution in [0.4, 0.5) is 0 Å². The SMILES string of the molecule is CC[N+](CC)(CC)CC(CS(=O)(=O)O)S(=O)(=O)O. The summed E-state index contributed by atoms with van der Waals surface area (Å²) in [6.07, 6.45) is 0. The summed E-state index contributed by atoms with van der Waals surface area (Å²) in [6, 6.07) is 0. The third-order valence-electron chi connectivity index (χ3n) is 3.42. The largest absolute Gasteiger partial charge is 0.323 e. The van der Waals surface area contributed by atoms with Gasteiger partial charge in [0.05, 0.1) is 26.2 Å². The molecule has 0 aliphatic heterocycles. The van der Waals surface area contributed by atoms with Crippen LogP contribution in [0.25, 0.3) is 0 Å². The summed E-state index contributed by atoms with van der Waals surface area (Å²) >= 11 is 0. The van der Waals surface area contributed by atoms with E-state index in [2.05, 4.69) is 0 Å². The summed E-state index contributed by atoms with van der Waals surface area (Å²) in [6.45, 7) is 7.39. The van der Waals surface area contributed by atoms with Crippen LogP contribution in [0.5, 0.6) is 0 Å². The average molecular weight is 304 g/mol. The summed E-state index contributed by atoms with van der Waals surface area (Å²) in [4.78, 5) is 0. The Balaban J connectivity index is 5.25. The highest BCUT2D eigenvalue weighted by atomic mass is 32.2. The van der Waals surface area contributed by atoms with Gasteiger partial charge in [0.15, 0.2) is 5.25 Å². The molecule has 0 spiro atoms. The second-order valence-electron chi connectivity index (χ2n) is 4.36. The van der Waals surface area contributed by atoms with E-state index in [1.165, 1.54) is 0 Å². The lowest BCUT2D eigenvalue weighted by Gasteiger charge is -2.37. The quantitative estimate of drug-likeness (QED) is 0.483. The molecule has 0 saturated heterocycles. The van der Waals surface area contributed by atoms with E-state index in [9.17, 15) is 16.8 Å². The molecule has 0 bridgehead atoms. The highest BCUT2D eigenvalue weighted by molar-refractivity contribution is 7.90. The van der Waals surface area contributed by atoms with E-state index in [4.69, 9.17) is 9.11 Å². The van der Waals surface area contributed by atoms with Gasteiger partial charge in [0.1, 0.15) is 5.75 Å². The Morgan fingerprint density at radius 2 is 1.33 bits per heavy atom. The molecular weight excluding hydrogens is 282 g/mol. The fraction of sp³-hybridized carbons (Fsp3) is 1.00. The maximum atomic E-state index is 11.2. The Hall–Kier alpha value is -0.220. The summed E-state index contributed by atoms with van der Waals surface area (Å²) in [5.41, 5.74) is 0. The summed E-state index contributed by atoms with van der Waals surface area (Å²) in [7, 11) is -8.97. The van der Waals surface area contributed by atoms with E-state index in [1.807, 2.05) is 20.8 Å². The van der Waals surface area contributed by atoms with Crippen molar-refractivity contribution in [2.45, 2.75) is 26.0 Å². The summed E-state index contributed by atoms with van der Waals surface area (Å²) in [5.74, 6) is -0.980. The van der Waals surface area contributed by atoms with Crippen LogP contribution in [0.1, 0.15) is 20.8 Å². The molecular formula is C9H22NO6S2+. The van der Waals surface area contributed by atoms with Crippen molar-refractivity contribution in [3.8, 4) is 0 Å². The zero-order chi connectivity index (χ0) is 14.6. The standard InChI is InChI=1S/C9H21NO6S2/c1-4-10(5-2,6-3)7-9(18(14,15)16)8-17(11,12)13/h9H,4-8H2,1-3H3,(H-,11,12,13,14,15,16)/p+1. The Morgan fingerprint density at radius 1 is 0.944 bits per heavy atom. The van der Waals surface area contributed by atoms with E-state index in [1.54, 1.807) is 0 Å². The van der Waals surface area contributed by atoms with Crippen LogP contribution in [0.2, 0.25) is 0 Å². The van der Waals surface area contributed by atoms with E-state index < -0.39 is 31.2 Å². The molecule has 0 saturated carbocycles. The lowest BCUT2D eigenvalue weighted by Crippen LogP contribution is -2.54. The monoisotopic (exact) mass is 304 g/mol. The smallest absolute Gasteiger partial charge is 0.274 e. The van der Waals surface area contributed by atoms with Gasteiger partial charge in [-0.2, -0.15) is 16.8 Å². The van der Waals surface area contributed by atoms with Crippen molar-refractivity contribution in [2.75, 3.05) is 31.9 Å². The minimum absolute atomic E-state index is 0.0396. The van der Waals surface area contributed by atoms with Gasteiger partial charge in [0.25, 0.3) is 20.2 Å². The van der Waals surface area contributed by atoms with E-state index in [-0.39, 0.29) is 6.54 Å². The number of rotatable bonds is 8. The van der Waals surface area contributed by atoms with E-state index in [0.29, 0.717) is 24.1 Å². The molecule has 0 aromatic heterocycles. The normalized spacial score (nSPS) is 15.6. The Morgan fingerprint density at radius 3 is 1.56 bits per heavy atom. The maximum Gasteiger partial charge on any atom is 0.274 e. The van der Waals surface area contributed by atoms with Crippen LogP contribution in [0, 0.1) is 0 Å². The number of quaternary nitrogens is 1. The molecule has 0 amide bonds. The lowest BCUT2D eigenvalue weighted by atomic mass is 10.3. The van der Waals surface area contributed by atoms with Crippen molar-refractivity contribution in [3.63, 3.8) is 0 Å². The fourth-order valence-electron chi connectivity index (χ4n) is 1.96. The van der Waals surface area contributed by atoms with Crippen molar-refractivity contribution in [3.05, 3.63) is 0 Å². The summed E-state index contributed by atoms with van der Waals surface area (Å²) in [5, 5.41) is -1.51. The topological polar surface area (TPSA) is 109 Å². The highest BCUT2D eigenvalue weighted by Crippen LogP contribution is 2.13. The van der Waals surface area contributed by atoms with Gasteiger partial charge >= 0.3 is 0 Å². The molecule has 0 aromatic rings. The predicted molar refractivity (Wildman–Crippen MR) is 68.5 cm³/mol. The Bertz CT molecular complexity index is 443. The molecule has 1 unspecified atom stereocenters. The van der Waals surface area contributed by atoms with Gasteiger partial charge in [-0.3, -0.25) is 9.11 Å². The van der Waals surface area contributed by atoms with Gasteiger partial charge in [-0.25, -0.2) is 0 Å². The van der Waals surface area contributed by atoms with Gasteiger partial charge in [-0.1, -0.05) is 0 Å². The first-order valence-electron chi connectivity index (χ1n) is 5.76. The second kappa shape index (κ2) is 6.29. The summed E-state index contributed by atoms with van der Waals surface area (Å²) < 4.78 is 62.2. The Labute approximate surface area is 109 Å². The molecule has 0 aromatic carbocycles. The zero-order valence-corrected chi connectivity index (χ0v) is 12.5. The van der Waals surface area contributed by atoms with E-state index in [0.717, 1.165) is 0 Å².